The second-order valence-corrected chi connectivity index (χ2v) is 16.9. The number of amides is 4. The number of nitrogens with zero attached hydrogens (tertiary/aromatic N) is 6. The molecule has 0 radical (unpaired) electrons. The highest BCUT2D eigenvalue weighted by molar-refractivity contribution is 6.23. The molecule has 4 aromatic carbocycles. The molecule has 4 amide bonds. The summed E-state index contributed by atoms with van der Waals surface area (Å²) in [7, 11) is 3.44. The number of nitrogens with one attached hydrogen (secondary N) is 1. The predicted octanol–water partition coefficient (Wildman–Crippen LogP) is 7.75. The fourth-order valence-corrected chi connectivity index (χ4v) is 9.79. The number of ether oxygens (including phenoxy) is 3. The standard InChI is InChI=1S/C48H52N6O7.C2H3N/c1-4-60-42-26-31(10-16-41(42)59-3)29-54-47(57)37-6-5-7-39(44(37)48(54)58)53-24-20-33(21-25-53)32-18-22-52(23-19-32)28-30-8-11-34(12-9-30)61-35-13-14-36-40(27-35)51(2)50-45(36)38-15-17-43(55)49-46(38)56;1-2-3/h5-14,16,26-27,32-33,38H,4,15,17-25,28-29H2,1-3H3,(H,49,55,56);1H3. The van der Waals surface area contributed by atoms with E-state index in [1.807, 2.05) is 74.6 Å². The molecule has 5 aromatic rings. The van der Waals surface area contributed by atoms with Gasteiger partial charge in [0.2, 0.25) is 11.8 Å². The largest absolute Gasteiger partial charge is 0.493 e. The van der Waals surface area contributed by atoms with E-state index in [4.69, 9.17) is 19.5 Å². The molecule has 0 bridgehead atoms. The van der Waals surface area contributed by atoms with E-state index in [0.29, 0.717) is 65.4 Å². The van der Waals surface area contributed by atoms with Gasteiger partial charge in [-0.25, -0.2) is 0 Å². The lowest BCUT2D eigenvalue weighted by Crippen LogP contribution is -2.41. The summed E-state index contributed by atoms with van der Waals surface area (Å²) in [6, 6.07) is 27.0. The Morgan fingerprint density at radius 2 is 1.48 bits per heavy atom. The highest BCUT2D eigenvalue weighted by Gasteiger charge is 2.40. The number of carbonyl (C=O) groups is 4. The molecule has 1 atom stereocenters. The lowest BCUT2D eigenvalue weighted by molar-refractivity contribution is -0.134. The first-order chi connectivity index (χ1) is 31.1. The van der Waals surface area contributed by atoms with E-state index < -0.39 is 5.92 Å². The molecule has 1 N–H and O–H groups in total. The molecule has 332 valence electrons. The van der Waals surface area contributed by atoms with Gasteiger partial charge in [-0.15, -0.1) is 0 Å². The van der Waals surface area contributed by atoms with Gasteiger partial charge in [0.15, 0.2) is 11.5 Å². The molecule has 14 nitrogen and oxygen atoms in total. The molecule has 4 aliphatic heterocycles. The topological polar surface area (TPSA) is 159 Å². The molecule has 4 aliphatic rings. The summed E-state index contributed by atoms with van der Waals surface area (Å²) >= 11 is 0. The fraction of sp³-hybridized carbons (Fsp3) is 0.400. The Labute approximate surface area is 373 Å². The SMILES string of the molecule is CC#N.CCOc1cc(CN2C(=O)c3cccc(N4CCC(C5CCN(Cc6ccc(Oc7ccc8c(C9CCC(=O)NC9=O)nn(C)c8c7)cc6)CC5)CC4)c3C2=O)ccc1OC. The monoisotopic (exact) mass is 865 g/mol. The third-order valence-electron chi connectivity index (χ3n) is 13.0. The van der Waals surface area contributed by atoms with E-state index >= 15 is 0 Å². The zero-order valence-corrected chi connectivity index (χ0v) is 37.0. The van der Waals surface area contributed by atoms with Crippen molar-refractivity contribution in [2.45, 2.75) is 71.4 Å². The Morgan fingerprint density at radius 3 is 2.17 bits per heavy atom. The number of anilines is 1. The van der Waals surface area contributed by atoms with Crippen LogP contribution in [0.3, 0.4) is 0 Å². The summed E-state index contributed by atoms with van der Waals surface area (Å²) in [5, 5.41) is 15.3. The van der Waals surface area contributed by atoms with Crippen LogP contribution in [0.15, 0.2) is 78.9 Å². The molecule has 9 rings (SSSR count). The zero-order valence-electron chi connectivity index (χ0n) is 37.0. The summed E-state index contributed by atoms with van der Waals surface area (Å²) in [5.74, 6) is 2.48. The zero-order chi connectivity index (χ0) is 44.9. The lowest BCUT2D eigenvalue weighted by atomic mass is 9.78. The summed E-state index contributed by atoms with van der Waals surface area (Å²) < 4.78 is 19.2. The van der Waals surface area contributed by atoms with Crippen LogP contribution in [-0.4, -0.2) is 83.1 Å². The van der Waals surface area contributed by atoms with Gasteiger partial charge in [0.1, 0.15) is 11.5 Å². The molecule has 0 aliphatic carbocycles. The molecule has 0 saturated carbocycles. The first-order valence-electron chi connectivity index (χ1n) is 22.2. The van der Waals surface area contributed by atoms with Gasteiger partial charge in [-0.05, 0) is 124 Å². The maximum absolute atomic E-state index is 13.9. The predicted molar refractivity (Wildman–Crippen MR) is 241 cm³/mol. The number of piperidine rings is 3. The van der Waals surface area contributed by atoms with E-state index in [9.17, 15) is 19.2 Å². The van der Waals surface area contributed by atoms with Crippen molar-refractivity contribution in [3.8, 4) is 29.1 Å². The first-order valence-corrected chi connectivity index (χ1v) is 22.2. The van der Waals surface area contributed by atoms with Crippen LogP contribution >= 0.6 is 0 Å². The Hall–Kier alpha value is -6.72. The Balaban J connectivity index is 0.00000182. The van der Waals surface area contributed by atoms with Crippen molar-refractivity contribution in [2.75, 3.05) is 44.8 Å². The third-order valence-corrected chi connectivity index (χ3v) is 13.0. The highest BCUT2D eigenvalue weighted by atomic mass is 16.5. The Kier molecular flexibility index (Phi) is 13.3. The van der Waals surface area contributed by atoms with E-state index in [-0.39, 0.29) is 30.2 Å². The van der Waals surface area contributed by atoms with Crippen LogP contribution < -0.4 is 24.4 Å². The van der Waals surface area contributed by atoms with Gasteiger partial charge in [0.05, 0.1) is 60.3 Å². The average Bonchev–Trinajstić information content (AvgIpc) is 3.75. The third kappa shape index (κ3) is 9.17. The number of aryl methyl sites for hydroxylation is 1. The van der Waals surface area contributed by atoms with Crippen LogP contribution in [-0.2, 0) is 29.7 Å². The maximum atomic E-state index is 13.9. The molecule has 3 fully saturated rings. The molecule has 0 spiro atoms. The first kappa shape index (κ1) is 43.9. The second-order valence-electron chi connectivity index (χ2n) is 16.9. The number of hydrogen-bond donors (Lipinski definition) is 1. The number of aromatic nitrogens is 2. The van der Waals surface area contributed by atoms with Gasteiger partial charge in [-0.3, -0.25) is 39.0 Å². The minimum absolute atomic E-state index is 0.166. The van der Waals surface area contributed by atoms with Gasteiger partial charge >= 0.3 is 0 Å². The summed E-state index contributed by atoms with van der Waals surface area (Å²) in [6.07, 6.45) is 5.25. The van der Waals surface area contributed by atoms with E-state index in [1.54, 1.807) is 23.9 Å². The molecular weight excluding hydrogens is 811 g/mol. The van der Waals surface area contributed by atoms with Crippen molar-refractivity contribution < 1.29 is 33.4 Å². The van der Waals surface area contributed by atoms with Crippen molar-refractivity contribution in [1.82, 2.24) is 24.9 Å². The molecule has 3 saturated heterocycles. The quantitative estimate of drug-likeness (QED) is 0.122. The van der Waals surface area contributed by atoms with Crippen molar-refractivity contribution >= 4 is 40.2 Å². The van der Waals surface area contributed by atoms with Gasteiger partial charge in [-0.1, -0.05) is 24.3 Å². The number of likely N-dealkylation sites (tertiary alicyclic amines) is 1. The fourth-order valence-electron chi connectivity index (χ4n) is 9.79. The van der Waals surface area contributed by atoms with Gasteiger partial charge in [0, 0.05) is 51.5 Å². The normalized spacial score (nSPS) is 18.3. The number of methoxy groups -OCH3 is 1. The number of benzene rings is 4. The number of rotatable bonds is 12. The van der Waals surface area contributed by atoms with Crippen molar-refractivity contribution in [3.05, 3.63) is 107 Å². The number of carbonyl (C=O) groups excluding carboxylic acids is 4. The van der Waals surface area contributed by atoms with Crippen LogP contribution in [0, 0.1) is 23.2 Å². The van der Waals surface area contributed by atoms with Crippen LogP contribution in [0.5, 0.6) is 23.0 Å². The molecule has 1 aromatic heterocycles. The number of hydrogen-bond acceptors (Lipinski definition) is 11. The molecule has 14 heteroatoms. The minimum atomic E-state index is -0.448. The van der Waals surface area contributed by atoms with Gasteiger partial charge < -0.3 is 19.1 Å². The molecule has 64 heavy (non-hydrogen) atoms. The van der Waals surface area contributed by atoms with E-state index in [0.717, 1.165) is 73.5 Å². The molecule has 1 unspecified atom stereocenters. The molecular formula is C50H55N7O7. The van der Waals surface area contributed by atoms with Crippen LogP contribution in [0.25, 0.3) is 10.9 Å². The Bertz CT molecular complexity index is 2580. The van der Waals surface area contributed by atoms with E-state index in [1.165, 1.54) is 30.2 Å². The maximum Gasteiger partial charge on any atom is 0.263 e. The number of fused-ring (bicyclic) bond motifs is 2. The van der Waals surface area contributed by atoms with Crippen LogP contribution in [0.2, 0.25) is 0 Å². The molecule has 5 heterocycles. The van der Waals surface area contributed by atoms with Crippen LogP contribution in [0.1, 0.15) is 95.8 Å². The number of imide groups is 2. The smallest absolute Gasteiger partial charge is 0.263 e. The van der Waals surface area contributed by atoms with Gasteiger partial charge in [-0.2, -0.15) is 10.4 Å². The van der Waals surface area contributed by atoms with Crippen LogP contribution in [0.4, 0.5) is 5.69 Å². The van der Waals surface area contributed by atoms with Crippen molar-refractivity contribution in [2.24, 2.45) is 18.9 Å². The summed E-state index contributed by atoms with van der Waals surface area (Å²) in [6.45, 7) is 8.74. The van der Waals surface area contributed by atoms with Crippen molar-refractivity contribution in [1.29, 1.82) is 5.26 Å². The van der Waals surface area contributed by atoms with Crippen molar-refractivity contribution in [3.63, 3.8) is 0 Å². The average molecular weight is 866 g/mol. The second kappa shape index (κ2) is 19.3. The summed E-state index contributed by atoms with van der Waals surface area (Å²) in [5.41, 5.74) is 5.46. The number of nitriles is 1. The van der Waals surface area contributed by atoms with E-state index in [2.05, 4.69) is 32.3 Å². The highest BCUT2D eigenvalue weighted by Crippen LogP contribution is 2.39. The van der Waals surface area contributed by atoms with Gasteiger partial charge in [0.25, 0.3) is 11.8 Å². The minimum Gasteiger partial charge on any atom is -0.493 e. The summed E-state index contributed by atoms with van der Waals surface area (Å²) in [4.78, 5) is 57.8. The Morgan fingerprint density at radius 1 is 0.797 bits per heavy atom. The lowest BCUT2D eigenvalue weighted by Gasteiger charge is -2.41.